The summed E-state index contributed by atoms with van der Waals surface area (Å²) in [6.07, 6.45) is -6.97. The number of ether oxygens (including phenoxy) is 3. The lowest BCUT2D eigenvalue weighted by molar-refractivity contribution is -0.0269. The van der Waals surface area contributed by atoms with Crippen LogP contribution >= 0.6 is 0 Å². The molecule has 0 aliphatic carbocycles. The summed E-state index contributed by atoms with van der Waals surface area (Å²) in [5.74, 6) is -0.672. The van der Waals surface area contributed by atoms with E-state index in [1.54, 1.807) is 54.6 Å². The summed E-state index contributed by atoms with van der Waals surface area (Å²) in [6.45, 7) is -1.13. The lowest BCUT2D eigenvalue weighted by Crippen LogP contribution is -2.51. The first-order valence-electron chi connectivity index (χ1n) is 10.6. The van der Waals surface area contributed by atoms with E-state index in [-0.39, 0.29) is 13.2 Å². The summed E-state index contributed by atoms with van der Waals surface area (Å²) < 4.78 is 15.7. The zero-order chi connectivity index (χ0) is 24.5. The van der Waals surface area contributed by atoms with Gasteiger partial charge in [-0.15, -0.1) is 0 Å². The molecule has 0 aromatic heterocycles. The van der Waals surface area contributed by atoms with Crippen molar-refractivity contribution in [3.05, 3.63) is 71.8 Å². The maximum absolute atomic E-state index is 12.8. The second kappa shape index (κ2) is 12.1. The largest absolute Gasteiger partial charge is 0.444 e. The maximum Gasteiger partial charge on any atom is 0.417 e. The standard InChI is InChI=1S/C23H27N3O8/c24-21(25-22(30)32-13-15-7-3-1-4-8-15)26(11-17-19(28)20(29)18(12-27)34-17)23(31)33-14-16-9-5-2-6-10-16/h1-10,17-20,27-29H,11-14H2,(H2,24,25,30)/t17-,18+,19-,20-/m0/s1. The number of hydrogen-bond acceptors (Lipinski definition) is 9. The lowest BCUT2D eigenvalue weighted by Gasteiger charge is -2.26. The first kappa shape index (κ1) is 25.1. The molecule has 34 heavy (non-hydrogen) atoms. The predicted molar refractivity (Wildman–Crippen MR) is 119 cm³/mol. The molecule has 182 valence electrons. The molecule has 0 spiro atoms. The van der Waals surface area contributed by atoms with Gasteiger partial charge in [-0.2, -0.15) is 0 Å². The van der Waals surface area contributed by atoms with Crippen LogP contribution in [0.5, 0.6) is 0 Å². The second-order valence-corrected chi connectivity index (χ2v) is 7.56. The fourth-order valence-corrected chi connectivity index (χ4v) is 3.29. The first-order valence-corrected chi connectivity index (χ1v) is 10.6. The van der Waals surface area contributed by atoms with E-state index in [0.29, 0.717) is 5.56 Å². The molecular weight excluding hydrogens is 446 g/mol. The summed E-state index contributed by atoms with van der Waals surface area (Å²) in [5.41, 5.74) is 1.43. The van der Waals surface area contributed by atoms with Crippen LogP contribution in [0.15, 0.2) is 60.7 Å². The van der Waals surface area contributed by atoms with Crippen LogP contribution < -0.4 is 5.32 Å². The summed E-state index contributed by atoms with van der Waals surface area (Å²) in [4.78, 5) is 25.7. The number of benzene rings is 2. The van der Waals surface area contributed by atoms with Crippen LogP contribution in [-0.4, -0.2) is 75.9 Å². The van der Waals surface area contributed by atoms with E-state index in [0.717, 1.165) is 10.5 Å². The van der Waals surface area contributed by atoms with Crippen LogP contribution in [0.25, 0.3) is 0 Å². The number of guanidine groups is 1. The van der Waals surface area contributed by atoms with Gasteiger partial charge in [-0.1, -0.05) is 60.7 Å². The molecule has 1 saturated heterocycles. The van der Waals surface area contributed by atoms with Crippen molar-refractivity contribution in [2.24, 2.45) is 0 Å². The molecule has 1 fully saturated rings. The number of hydrogen-bond donors (Lipinski definition) is 5. The highest BCUT2D eigenvalue weighted by Gasteiger charge is 2.44. The van der Waals surface area contributed by atoms with Gasteiger partial charge in [0.2, 0.25) is 5.96 Å². The highest BCUT2D eigenvalue weighted by molar-refractivity contribution is 5.99. The van der Waals surface area contributed by atoms with E-state index < -0.39 is 55.7 Å². The minimum Gasteiger partial charge on any atom is -0.444 e. The first-order chi connectivity index (χ1) is 16.4. The Morgan fingerprint density at radius 1 is 0.912 bits per heavy atom. The monoisotopic (exact) mass is 473 g/mol. The zero-order valence-corrected chi connectivity index (χ0v) is 18.2. The zero-order valence-electron chi connectivity index (χ0n) is 18.2. The number of rotatable bonds is 7. The van der Waals surface area contributed by atoms with E-state index in [4.69, 9.17) is 19.6 Å². The average Bonchev–Trinajstić information content (AvgIpc) is 3.13. The lowest BCUT2D eigenvalue weighted by atomic mass is 10.1. The number of nitrogens with one attached hydrogen (secondary N) is 2. The Balaban J connectivity index is 1.65. The molecule has 2 aromatic rings. The highest BCUT2D eigenvalue weighted by Crippen LogP contribution is 2.22. The van der Waals surface area contributed by atoms with Gasteiger partial charge in [0.05, 0.1) is 13.2 Å². The van der Waals surface area contributed by atoms with E-state index >= 15 is 0 Å². The molecule has 5 N–H and O–H groups in total. The Morgan fingerprint density at radius 3 is 1.97 bits per heavy atom. The molecule has 2 aromatic carbocycles. The summed E-state index contributed by atoms with van der Waals surface area (Å²) in [7, 11) is 0. The van der Waals surface area contributed by atoms with Crippen molar-refractivity contribution in [2.45, 2.75) is 37.6 Å². The number of alkyl carbamates (subject to hydrolysis) is 1. The van der Waals surface area contributed by atoms with Gasteiger partial charge < -0.3 is 29.5 Å². The van der Waals surface area contributed by atoms with Gasteiger partial charge in [-0.05, 0) is 11.1 Å². The van der Waals surface area contributed by atoms with E-state index in [2.05, 4.69) is 5.32 Å². The Bertz CT molecular complexity index is 959. The second-order valence-electron chi connectivity index (χ2n) is 7.56. The van der Waals surface area contributed by atoms with Crippen molar-refractivity contribution in [1.82, 2.24) is 10.2 Å². The van der Waals surface area contributed by atoms with Gasteiger partial charge in [-0.3, -0.25) is 10.7 Å². The van der Waals surface area contributed by atoms with E-state index in [9.17, 15) is 24.9 Å². The van der Waals surface area contributed by atoms with E-state index in [1.165, 1.54) is 0 Å². The summed E-state index contributed by atoms with van der Waals surface area (Å²) >= 11 is 0. The number of carbonyl (C=O) groups is 2. The fraction of sp³-hybridized carbons (Fsp3) is 0.348. The number of aliphatic hydroxyl groups excluding tert-OH is 3. The normalized spacial score (nSPS) is 21.5. The molecule has 0 bridgehead atoms. The Kier molecular flexibility index (Phi) is 8.93. The molecule has 0 radical (unpaired) electrons. The van der Waals surface area contributed by atoms with E-state index in [1.807, 2.05) is 6.07 Å². The Morgan fingerprint density at radius 2 is 1.44 bits per heavy atom. The van der Waals surface area contributed by atoms with Crippen molar-refractivity contribution in [3.63, 3.8) is 0 Å². The van der Waals surface area contributed by atoms with Gasteiger partial charge >= 0.3 is 12.2 Å². The van der Waals surface area contributed by atoms with Gasteiger partial charge in [0.25, 0.3) is 0 Å². The SMILES string of the molecule is N=C(NC(=O)OCc1ccccc1)N(C[C@@H]1O[C@H](CO)[C@H](O)[C@H]1O)C(=O)OCc1ccccc1. The smallest absolute Gasteiger partial charge is 0.417 e. The minimum atomic E-state index is -1.43. The van der Waals surface area contributed by atoms with Crippen LogP contribution in [-0.2, 0) is 27.4 Å². The molecular formula is C23H27N3O8. The van der Waals surface area contributed by atoms with Gasteiger partial charge in [0, 0.05) is 0 Å². The Hall–Kier alpha value is -3.51. The maximum atomic E-state index is 12.8. The molecule has 11 nitrogen and oxygen atoms in total. The summed E-state index contributed by atoms with van der Waals surface area (Å²) in [5, 5.41) is 39.9. The van der Waals surface area contributed by atoms with Crippen molar-refractivity contribution in [2.75, 3.05) is 13.2 Å². The fourth-order valence-electron chi connectivity index (χ4n) is 3.29. The van der Waals surface area contributed by atoms with Crippen LogP contribution in [0, 0.1) is 5.41 Å². The summed E-state index contributed by atoms with van der Waals surface area (Å²) in [6, 6.07) is 17.7. The van der Waals surface area contributed by atoms with Crippen molar-refractivity contribution in [1.29, 1.82) is 5.41 Å². The van der Waals surface area contributed by atoms with Gasteiger partial charge in [0.1, 0.15) is 37.6 Å². The minimum absolute atomic E-state index is 0.0484. The molecule has 4 atom stereocenters. The average molecular weight is 473 g/mol. The topological polar surface area (TPSA) is 162 Å². The van der Waals surface area contributed by atoms with Gasteiger partial charge in [0.15, 0.2) is 0 Å². The molecule has 0 unspecified atom stereocenters. The molecule has 0 saturated carbocycles. The molecule has 11 heteroatoms. The van der Waals surface area contributed by atoms with Crippen LogP contribution in [0.1, 0.15) is 11.1 Å². The number of nitrogens with zero attached hydrogens (tertiary/aromatic N) is 1. The quantitative estimate of drug-likeness (QED) is 0.293. The van der Waals surface area contributed by atoms with Crippen LogP contribution in [0.3, 0.4) is 0 Å². The number of amides is 2. The third kappa shape index (κ3) is 6.75. The third-order valence-electron chi connectivity index (χ3n) is 5.13. The number of carbonyl (C=O) groups excluding carboxylic acids is 2. The molecule has 3 rings (SSSR count). The molecule has 2 amide bonds. The van der Waals surface area contributed by atoms with Crippen LogP contribution in [0.4, 0.5) is 9.59 Å². The molecule has 1 aliphatic rings. The van der Waals surface area contributed by atoms with Crippen molar-refractivity contribution >= 4 is 18.1 Å². The highest BCUT2D eigenvalue weighted by atomic mass is 16.6. The van der Waals surface area contributed by atoms with Crippen LogP contribution in [0.2, 0.25) is 0 Å². The predicted octanol–water partition coefficient (Wildman–Crippen LogP) is 0.968. The molecule has 1 heterocycles. The number of aliphatic hydroxyl groups is 3. The van der Waals surface area contributed by atoms with Crippen molar-refractivity contribution < 1.29 is 39.1 Å². The van der Waals surface area contributed by atoms with Gasteiger partial charge in [-0.25, -0.2) is 14.5 Å². The van der Waals surface area contributed by atoms with Crippen molar-refractivity contribution in [3.8, 4) is 0 Å². The Labute approximate surface area is 196 Å². The molecule has 1 aliphatic heterocycles. The third-order valence-corrected chi connectivity index (χ3v) is 5.13.